The minimum Gasteiger partial charge on any atom is -0.508 e. The van der Waals surface area contributed by atoms with Crippen LogP contribution in [-0.4, -0.2) is 22.9 Å². The molecule has 0 radical (unpaired) electrons. The largest absolute Gasteiger partial charge is 0.508 e. The predicted molar refractivity (Wildman–Crippen MR) is 57.9 cm³/mol. The number of aliphatic hydroxyl groups is 1. The highest BCUT2D eigenvalue weighted by Crippen LogP contribution is 2.29. The van der Waals surface area contributed by atoms with Crippen molar-refractivity contribution in [1.82, 2.24) is 0 Å². The molecule has 0 saturated carbocycles. The van der Waals surface area contributed by atoms with Gasteiger partial charge in [-0.05, 0) is 32.0 Å². The first-order valence-electron chi connectivity index (χ1n) is 4.95. The van der Waals surface area contributed by atoms with Crippen molar-refractivity contribution in [3.8, 4) is 11.5 Å². The third-order valence-corrected chi connectivity index (χ3v) is 2.13. The standard InChI is InChI=1S/C11H17NO3/c1-3-15-8-4-5-10(13)9(6-8)11(14)7(2)12/h4-7,11,13-14H,3,12H2,1-2H3/t7-,11-/m0/s1. The fourth-order valence-electron chi connectivity index (χ4n) is 1.31. The van der Waals surface area contributed by atoms with Crippen LogP contribution in [0.1, 0.15) is 25.5 Å². The Morgan fingerprint density at radius 3 is 2.67 bits per heavy atom. The summed E-state index contributed by atoms with van der Waals surface area (Å²) in [7, 11) is 0. The molecule has 1 aromatic rings. The van der Waals surface area contributed by atoms with Crippen molar-refractivity contribution in [2.45, 2.75) is 26.0 Å². The van der Waals surface area contributed by atoms with Gasteiger partial charge in [0.05, 0.1) is 12.7 Å². The molecule has 1 rings (SSSR count). The third kappa shape index (κ3) is 2.84. The second kappa shape index (κ2) is 5.00. The number of phenols is 1. The summed E-state index contributed by atoms with van der Waals surface area (Å²) in [4.78, 5) is 0. The maximum absolute atomic E-state index is 9.73. The van der Waals surface area contributed by atoms with Crippen molar-refractivity contribution in [2.75, 3.05) is 6.61 Å². The maximum atomic E-state index is 9.73. The van der Waals surface area contributed by atoms with Crippen molar-refractivity contribution in [2.24, 2.45) is 5.73 Å². The maximum Gasteiger partial charge on any atom is 0.121 e. The quantitative estimate of drug-likeness (QED) is 0.698. The van der Waals surface area contributed by atoms with Crippen LogP contribution in [0.15, 0.2) is 18.2 Å². The first kappa shape index (κ1) is 11.8. The summed E-state index contributed by atoms with van der Waals surface area (Å²) in [5.41, 5.74) is 5.96. The summed E-state index contributed by atoms with van der Waals surface area (Å²) in [6.07, 6.45) is -0.884. The Labute approximate surface area is 89.3 Å². The van der Waals surface area contributed by atoms with Crippen LogP contribution in [0.25, 0.3) is 0 Å². The highest BCUT2D eigenvalue weighted by atomic mass is 16.5. The molecular formula is C11H17NO3. The topological polar surface area (TPSA) is 75.7 Å². The van der Waals surface area contributed by atoms with E-state index in [1.165, 1.54) is 6.07 Å². The van der Waals surface area contributed by atoms with Gasteiger partial charge in [-0.15, -0.1) is 0 Å². The average molecular weight is 211 g/mol. The molecule has 0 aliphatic carbocycles. The molecule has 15 heavy (non-hydrogen) atoms. The van der Waals surface area contributed by atoms with Crippen LogP contribution in [-0.2, 0) is 0 Å². The Kier molecular flexibility index (Phi) is 3.94. The zero-order valence-corrected chi connectivity index (χ0v) is 8.97. The SMILES string of the molecule is CCOc1ccc(O)c([C@@H](O)[C@H](C)N)c1. The van der Waals surface area contributed by atoms with Gasteiger partial charge < -0.3 is 20.7 Å². The lowest BCUT2D eigenvalue weighted by molar-refractivity contribution is 0.149. The molecule has 0 aromatic heterocycles. The summed E-state index contributed by atoms with van der Waals surface area (Å²) >= 11 is 0. The van der Waals surface area contributed by atoms with Gasteiger partial charge in [-0.1, -0.05) is 0 Å². The van der Waals surface area contributed by atoms with Crippen LogP contribution >= 0.6 is 0 Å². The second-order valence-corrected chi connectivity index (χ2v) is 3.46. The summed E-state index contributed by atoms with van der Waals surface area (Å²) in [6.45, 7) is 4.09. The Morgan fingerprint density at radius 1 is 1.47 bits per heavy atom. The molecule has 0 aliphatic heterocycles. The van der Waals surface area contributed by atoms with Crippen LogP contribution < -0.4 is 10.5 Å². The second-order valence-electron chi connectivity index (χ2n) is 3.46. The van der Waals surface area contributed by atoms with E-state index in [2.05, 4.69) is 0 Å². The fourth-order valence-corrected chi connectivity index (χ4v) is 1.31. The lowest BCUT2D eigenvalue weighted by Crippen LogP contribution is -2.24. The van der Waals surface area contributed by atoms with Crippen molar-refractivity contribution in [3.05, 3.63) is 23.8 Å². The number of benzene rings is 1. The van der Waals surface area contributed by atoms with Gasteiger partial charge in [0.15, 0.2) is 0 Å². The highest BCUT2D eigenvalue weighted by molar-refractivity contribution is 5.41. The van der Waals surface area contributed by atoms with E-state index in [1.807, 2.05) is 6.92 Å². The Hall–Kier alpha value is -1.26. The third-order valence-electron chi connectivity index (χ3n) is 2.13. The normalized spacial score (nSPS) is 14.7. The van der Waals surface area contributed by atoms with Gasteiger partial charge >= 0.3 is 0 Å². The molecule has 0 bridgehead atoms. The van der Waals surface area contributed by atoms with Gasteiger partial charge in [-0.3, -0.25) is 0 Å². The molecule has 2 atom stereocenters. The highest BCUT2D eigenvalue weighted by Gasteiger charge is 2.17. The minimum absolute atomic E-state index is 0.0308. The van der Waals surface area contributed by atoms with Crippen molar-refractivity contribution in [3.63, 3.8) is 0 Å². The molecule has 0 fully saturated rings. The smallest absolute Gasteiger partial charge is 0.121 e. The van der Waals surface area contributed by atoms with Gasteiger partial charge in [0, 0.05) is 11.6 Å². The molecule has 0 heterocycles. The summed E-state index contributed by atoms with van der Waals surface area (Å²) in [5, 5.41) is 19.3. The van der Waals surface area contributed by atoms with Gasteiger partial charge in [-0.25, -0.2) is 0 Å². The minimum atomic E-state index is -0.884. The van der Waals surface area contributed by atoms with E-state index < -0.39 is 12.1 Å². The number of ether oxygens (including phenoxy) is 1. The lowest BCUT2D eigenvalue weighted by Gasteiger charge is -2.17. The molecule has 4 N–H and O–H groups in total. The van der Waals surface area contributed by atoms with Gasteiger partial charge in [0.1, 0.15) is 11.5 Å². The number of hydrogen-bond donors (Lipinski definition) is 3. The van der Waals surface area contributed by atoms with Gasteiger partial charge in [0.2, 0.25) is 0 Å². The Morgan fingerprint density at radius 2 is 2.13 bits per heavy atom. The monoisotopic (exact) mass is 211 g/mol. The molecule has 0 spiro atoms. The van der Waals surface area contributed by atoms with E-state index in [-0.39, 0.29) is 5.75 Å². The molecular weight excluding hydrogens is 194 g/mol. The summed E-state index contributed by atoms with van der Waals surface area (Å²) in [6, 6.07) is 4.31. The number of hydrogen-bond acceptors (Lipinski definition) is 4. The Balaban J connectivity index is 2.99. The van der Waals surface area contributed by atoms with E-state index in [0.717, 1.165) is 0 Å². The zero-order chi connectivity index (χ0) is 11.4. The van der Waals surface area contributed by atoms with E-state index in [1.54, 1.807) is 19.1 Å². The molecule has 0 aliphatic rings. The summed E-state index contributed by atoms with van der Waals surface area (Å²) in [5.74, 6) is 0.647. The molecule has 0 saturated heterocycles. The van der Waals surface area contributed by atoms with Crippen LogP contribution in [0.5, 0.6) is 11.5 Å². The number of phenolic OH excluding ortho intramolecular Hbond substituents is 1. The summed E-state index contributed by atoms with van der Waals surface area (Å²) < 4.78 is 5.27. The van der Waals surface area contributed by atoms with Crippen LogP contribution in [0.4, 0.5) is 0 Å². The first-order chi connectivity index (χ1) is 7.06. The Bertz CT molecular complexity index is 326. The van der Waals surface area contributed by atoms with Gasteiger partial charge in [-0.2, -0.15) is 0 Å². The van der Waals surface area contributed by atoms with E-state index in [4.69, 9.17) is 10.5 Å². The van der Waals surface area contributed by atoms with Crippen LogP contribution in [0.3, 0.4) is 0 Å². The first-order valence-corrected chi connectivity index (χ1v) is 4.95. The van der Waals surface area contributed by atoms with Crippen molar-refractivity contribution in [1.29, 1.82) is 0 Å². The van der Waals surface area contributed by atoms with E-state index >= 15 is 0 Å². The molecule has 0 amide bonds. The molecule has 84 valence electrons. The molecule has 4 heteroatoms. The average Bonchev–Trinajstić information content (AvgIpc) is 2.20. The zero-order valence-electron chi connectivity index (χ0n) is 8.97. The van der Waals surface area contributed by atoms with Crippen molar-refractivity contribution >= 4 is 0 Å². The van der Waals surface area contributed by atoms with Crippen molar-refractivity contribution < 1.29 is 14.9 Å². The molecule has 1 aromatic carbocycles. The number of rotatable bonds is 4. The van der Waals surface area contributed by atoms with Crippen LogP contribution in [0.2, 0.25) is 0 Å². The van der Waals surface area contributed by atoms with Gasteiger partial charge in [0.25, 0.3) is 0 Å². The van der Waals surface area contributed by atoms with E-state index in [0.29, 0.717) is 17.9 Å². The lowest BCUT2D eigenvalue weighted by atomic mass is 10.0. The van der Waals surface area contributed by atoms with Crippen LogP contribution in [0, 0.1) is 0 Å². The number of nitrogens with two attached hydrogens (primary N) is 1. The van der Waals surface area contributed by atoms with E-state index in [9.17, 15) is 10.2 Å². The number of aromatic hydroxyl groups is 1. The molecule has 4 nitrogen and oxygen atoms in total. The number of aliphatic hydroxyl groups excluding tert-OH is 1. The predicted octanol–water partition coefficient (Wildman–Crippen LogP) is 1.17. The fraction of sp³-hybridized carbons (Fsp3) is 0.455. The molecule has 0 unspecified atom stereocenters.